The van der Waals surface area contributed by atoms with E-state index in [2.05, 4.69) is 10.6 Å². The molecule has 1 rings (SSSR count). The van der Waals surface area contributed by atoms with Crippen LogP contribution < -0.4 is 10.6 Å². The van der Waals surface area contributed by atoms with E-state index in [0.29, 0.717) is 12.8 Å². The van der Waals surface area contributed by atoms with Crippen LogP contribution in [0.1, 0.15) is 39.5 Å². The summed E-state index contributed by atoms with van der Waals surface area (Å²) in [6, 6.07) is 0. The summed E-state index contributed by atoms with van der Waals surface area (Å²) < 4.78 is 0. The van der Waals surface area contributed by atoms with E-state index in [4.69, 9.17) is 0 Å². The van der Waals surface area contributed by atoms with Crippen LogP contribution in [0.2, 0.25) is 0 Å². The Morgan fingerprint density at radius 3 is 2.24 bits per heavy atom. The van der Waals surface area contributed by atoms with E-state index in [-0.39, 0.29) is 11.8 Å². The second-order valence-corrected chi connectivity index (χ2v) is 4.61. The van der Waals surface area contributed by atoms with Gasteiger partial charge in [-0.3, -0.25) is 4.79 Å². The Morgan fingerprint density at radius 2 is 1.82 bits per heavy atom. The topological polar surface area (TPSA) is 78.4 Å². The lowest BCUT2D eigenvalue weighted by molar-refractivity contribution is -0.149. The molecule has 0 radical (unpaired) electrons. The Bertz CT molecular complexity index is 281. The number of rotatable bonds is 5. The van der Waals surface area contributed by atoms with Crippen molar-refractivity contribution in [2.45, 2.75) is 45.1 Å². The van der Waals surface area contributed by atoms with Crippen molar-refractivity contribution in [3.63, 3.8) is 0 Å². The first kappa shape index (κ1) is 14.0. The minimum Gasteiger partial charge on any atom is -0.480 e. The van der Waals surface area contributed by atoms with E-state index in [1.165, 1.54) is 0 Å². The smallest absolute Gasteiger partial charge is 0.329 e. The molecule has 1 amide bonds. The fourth-order valence-electron chi connectivity index (χ4n) is 2.20. The number of hydrogen-bond acceptors (Lipinski definition) is 3. The number of carboxylic acids is 1. The third kappa shape index (κ3) is 3.19. The normalized spacial score (nSPS) is 17.8. The Kier molecular flexibility index (Phi) is 4.93. The average Bonchev–Trinajstić information content (AvgIpc) is 2.36. The summed E-state index contributed by atoms with van der Waals surface area (Å²) in [5.41, 5.74) is -1.10. The van der Waals surface area contributed by atoms with Crippen LogP contribution in [0.4, 0.5) is 0 Å². The predicted molar refractivity (Wildman–Crippen MR) is 64.7 cm³/mol. The summed E-state index contributed by atoms with van der Waals surface area (Å²) in [6.07, 6.45) is 2.40. The van der Waals surface area contributed by atoms with Gasteiger partial charge < -0.3 is 15.7 Å². The zero-order valence-electron chi connectivity index (χ0n) is 10.6. The van der Waals surface area contributed by atoms with Gasteiger partial charge in [0.1, 0.15) is 5.54 Å². The monoisotopic (exact) mass is 242 g/mol. The van der Waals surface area contributed by atoms with Crippen molar-refractivity contribution in [2.75, 3.05) is 13.1 Å². The SMILES string of the molecule is CCC(CC)(NC(=O)C1CCNCC1)C(=O)O. The molecule has 0 unspecified atom stereocenters. The lowest BCUT2D eigenvalue weighted by Crippen LogP contribution is -2.56. The molecule has 1 aliphatic rings. The molecule has 5 heteroatoms. The highest BCUT2D eigenvalue weighted by molar-refractivity contribution is 5.88. The molecule has 0 atom stereocenters. The average molecular weight is 242 g/mol. The molecule has 98 valence electrons. The van der Waals surface area contributed by atoms with Crippen LogP contribution in [-0.2, 0) is 9.59 Å². The molecule has 0 aromatic heterocycles. The van der Waals surface area contributed by atoms with Crippen molar-refractivity contribution >= 4 is 11.9 Å². The first-order valence-electron chi connectivity index (χ1n) is 6.32. The molecule has 1 fully saturated rings. The van der Waals surface area contributed by atoms with Gasteiger partial charge in [-0.05, 0) is 38.8 Å². The quantitative estimate of drug-likeness (QED) is 0.664. The van der Waals surface area contributed by atoms with Gasteiger partial charge >= 0.3 is 5.97 Å². The number of nitrogens with one attached hydrogen (secondary N) is 2. The lowest BCUT2D eigenvalue weighted by Gasteiger charge is -2.31. The van der Waals surface area contributed by atoms with Crippen LogP contribution in [0.15, 0.2) is 0 Å². The summed E-state index contributed by atoms with van der Waals surface area (Å²) in [5.74, 6) is -1.10. The number of aliphatic carboxylic acids is 1. The molecule has 0 aromatic rings. The van der Waals surface area contributed by atoms with Gasteiger partial charge in [0, 0.05) is 5.92 Å². The van der Waals surface area contributed by atoms with Gasteiger partial charge in [-0.25, -0.2) is 4.79 Å². The molecule has 17 heavy (non-hydrogen) atoms. The van der Waals surface area contributed by atoms with Crippen LogP contribution in [0.25, 0.3) is 0 Å². The van der Waals surface area contributed by atoms with Gasteiger partial charge in [0.05, 0.1) is 0 Å². The van der Waals surface area contributed by atoms with E-state index >= 15 is 0 Å². The highest BCUT2D eigenvalue weighted by Crippen LogP contribution is 2.19. The first-order valence-corrected chi connectivity index (χ1v) is 6.32. The molecule has 0 aliphatic carbocycles. The van der Waals surface area contributed by atoms with Gasteiger partial charge in [-0.2, -0.15) is 0 Å². The summed E-state index contributed by atoms with van der Waals surface area (Å²) >= 11 is 0. The van der Waals surface area contributed by atoms with Crippen molar-refractivity contribution in [3.8, 4) is 0 Å². The van der Waals surface area contributed by atoms with Crippen LogP contribution in [0.3, 0.4) is 0 Å². The fourth-order valence-corrected chi connectivity index (χ4v) is 2.20. The second-order valence-electron chi connectivity index (χ2n) is 4.61. The zero-order valence-corrected chi connectivity index (χ0v) is 10.6. The van der Waals surface area contributed by atoms with Crippen LogP contribution in [0.5, 0.6) is 0 Å². The van der Waals surface area contributed by atoms with Gasteiger partial charge in [-0.1, -0.05) is 13.8 Å². The van der Waals surface area contributed by atoms with E-state index in [0.717, 1.165) is 25.9 Å². The van der Waals surface area contributed by atoms with E-state index in [1.807, 2.05) is 0 Å². The number of amides is 1. The van der Waals surface area contributed by atoms with Crippen LogP contribution in [0, 0.1) is 5.92 Å². The van der Waals surface area contributed by atoms with Crippen molar-refractivity contribution in [1.82, 2.24) is 10.6 Å². The van der Waals surface area contributed by atoms with E-state index in [9.17, 15) is 14.7 Å². The molecule has 1 aliphatic heterocycles. The number of carbonyl (C=O) groups is 2. The number of piperidine rings is 1. The Morgan fingerprint density at radius 1 is 1.29 bits per heavy atom. The van der Waals surface area contributed by atoms with Crippen LogP contribution >= 0.6 is 0 Å². The molecule has 0 bridgehead atoms. The van der Waals surface area contributed by atoms with Gasteiger partial charge in [0.25, 0.3) is 0 Å². The highest BCUT2D eigenvalue weighted by Gasteiger charge is 2.38. The third-order valence-corrected chi connectivity index (χ3v) is 3.69. The van der Waals surface area contributed by atoms with Gasteiger partial charge in [0.2, 0.25) is 5.91 Å². The van der Waals surface area contributed by atoms with E-state index < -0.39 is 11.5 Å². The Hall–Kier alpha value is -1.10. The summed E-state index contributed by atoms with van der Waals surface area (Å²) in [6.45, 7) is 5.24. The summed E-state index contributed by atoms with van der Waals surface area (Å²) in [5, 5.41) is 15.2. The maximum Gasteiger partial charge on any atom is 0.329 e. The minimum absolute atomic E-state index is 0.0481. The van der Waals surface area contributed by atoms with Gasteiger partial charge in [0.15, 0.2) is 0 Å². The van der Waals surface area contributed by atoms with Crippen molar-refractivity contribution in [1.29, 1.82) is 0 Å². The minimum atomic E-state index is -1.10. The molecule has 3 N–H and O–H groups in total. The predicted octanol–water partition coefficient (Wildman–Crippen LogP) is 0.746. The van der Waals surface area contributed by atoms with Crippen molar-refractivity contribution in [3.05, 3.63) is 0 Å². The highest BCUT2D eigenvalue weighted by atomic mass is 16.4. The third-order valence-electron chi connectivity index (χ3n) is 3.69. The fraction of sp³-hybridized carbons (Fsp3) is 0.833. The molecule has 5 nitrogen and oxygen atoms in total. The van der Waals surface area contributed by atoms with Crippen LogP contribution in [-0.4, -0.2) is 35.6 Å². The van der Waals surface area contributed by atoms with Gasteiger partial charge in [-0.15, -0.1) is 0 Å². The van der Waals surface area contributed by atoms with Crippen molar-refractivity contribution in [2.24, 2.45) is 5.92 Å². The first-order chi connectivity index (χ1) is 8.05. The number of carboxylic acid groups (broad SMARTS) is 1. The molecule has 1 heterocycles. The largest absolute Gasteiger partial charge is 0.480 e. The number of hydrogen-bond donors (Lipinski definition) is 3. The zero-order chi connectivity index (χ0) is 12.9. The Labute approximate surface area is 102 Å². The number of carbonyl (C=O) groups excluding carboxylic acids is 1. The molecular weight excluding hydrogens is 220 g/mol. The molecule has 0 aromatic carbocycles. The maximum atomic E-state index is 12.0. The van der Waals surface area contributed by atoms with Crippen molar-refractivity contribution < 1.29 is 14.7 Å². The molecular formula is C12H22N2O3. The molecule has 1 saturated heterocycles. The second kappa shape index (κ2) is 6.00. The molecule has 0 saturated carbocycles. The van der Waals surface area contributed by atoms with E-state index in [1.54, 1.807) is 13.8 Å². The molecule has 0 spiro atoms. The summed E-state index contributed by atoms with van der Waals surface area (Å²) in [7, 11) is 0. The standard InChI is InChI=1S/C12H22N2O3/c1-3-12(4-2,11(16)17)14-10(15)9-5-7-13-8-6-9/h9,13H,3-8H2,1-2H3,(H,14,15)(H,16,17). The Balaban J connectivity index is 2.66. The maximum absolute atomic E-state index is 12.0. The summed E-state index contributed by atoms with van der Waals surface area (Å²) in [4.78, 5) is 23.3. The lowest BCUT2D eigenvalue weighted by atomic mass is 9.90.